The standard InChI is InChI=1S/C29H33N5O2/c1-6-30-29-25(20(2)3)19-26(33-29)22-11-15-24(16-12-22)32-28(36)18-21-9-13-23(14-10-21)31-27(35)8-7-17-34(4)5/h6-16,19H,1,17-18H2,2-5H3,(H,30,33)(H,31,35)(H,32,36)/b8-7+. The smallest absolute Gasteiger partial charge is 0.248 e. The molecule has 1 aliphatic rings. The minimum absolute atomic E-state index is 0.114. The van der Waals surface area contributed by atoms with Gasteiger partial charge in [-0.15, -0.1) is 0 Å². The maximum Gasteiger partial charge on any atom is 0.248 e. The first-order chi connectivity index (χ1) is 17.2. The summed E-state index contributed by atoms with van der Waals surface area (Å²) in [6.45, 7) is 8.46. The van der Waals surface area contributed by atoms with Gasteiger partial charge in [-0.2, -0.15) is 0 Å². The van der Waals surface area contributed by atoms with E-state index in [1.807, 2.05) is 69.2 Å². The largest absolute Gasteiger partial charge is 0.339 e. The molecule has 3 rings (SSSR count). The molecule has 186 valence electrons. The number of amidine groups is 1. The highest BCUT2D eigenvalue weighted by molar-refractivity contribution is 6.11. The van der Waals surface area contributed by atoms with E-state index in [1.54, 1.807) is 18.2 Å². The number of nitrogens with zero attached hydrogens (tertiary/aromatic N) is 2. The van der Waals surface area contributed by atoms with Crippen LogP contribution in [0.5, 0.6) is 0 Å². The summed E-state index contributed by atoms with van der Waals surface area (Å²) in [6, 6.07) is 14.9. The van der Waals surface area contributed by atoms with Crippen LogP contribution in [0.1, 0.15) is 25.0 Å². The SMILES string of the molecule is C=C/N=C1/NC(c2ccc(NC(=O)Cc3ccc(NC(=O)/C=C/CN(C)C)cc3)cc2)=CC1=C(C)C. The third-order valence-corrected chi connectivity index (χ3v) is 5.36. The van der Waals surface area contributed by atoms with Crippen molar-refractivity contribution in [2.45, 2.75) is 20.3 Å². The van der Waals surface area contributed by atoms with E-state index < -0.39 is 0 Å². The van der Waals surface area contributed by atoms with Gasteiger partial charge >= 0.3 is 0 Å². The lowest BCUT2D eigenvalue weighted by Gasteiger charge is -2.09. The predicted molar refractivity (Wildman–Crippen MR) is 149 cm³/mol. The molecule has 0 aromatic heterocycles. The third kappa shape index (κ3) is 7.65. The molecule has 0 saturated carbocycles. The zero-order valence-corrected chi connectivity index (χ0v) is 21.3. The second-order valence-corrected chi connectivity index (χ2v) is 8.91. The molecule has 0 aliphatic carbocycles. The summed E-state index contributed by atoms with van der Waals surface area (Å²) in [4.78, 5) is 30.8. The molecule has 0 radical (unpaired) electrons. The van der Waals surface area contributed by atoms with Crippen molar-refractivity contribution < 1.29 is 9.59 Å². The zero-order chi connectivity index (χ0) is 26.1. The molecule has 2 aromatic rings. The van der Waals surface area contributed by atoms with Crippen molar-refractivity contribution in [1.82, 2.24) is 10.2 Å². The Morgan fingerprint density at radius 1 is 1.00 bits per heavy atom. The summed E-state index contributed by atoms with van der Waals surface area (Å²) in [5, 5.41) is 9.07. The summed E-state index contributed by atoms with van der Waals surface area (Å²) in [7, 11) is 3.88. The van der Waals surface area contributed by atoms with Gasteiger partial charge in [-0.05, 0) is 69.4 Å². The molecule has 0 unspecified atom stereocenters. The lowest BCUT2D eigenvalue weighted by Crippen LogP contribution is -2.17. The molecule has 0 spiro atoms. The van der Waals surface area contributed by atoms with E-state index in [0.717, 1.165) is 39.5 Å². The van der Waals surface area contributed by atoms with Gasteiger partial charge in [0.05, 0.1) is 6.42 Å². The number of nitrogens with one attached hydrogen (secondary N) is 3. The van der Waals surface area contributed by atoms with Crippen molar-refractivity contribution >= 4 is 34.7 Å². The molecule has 1 aliphatic heterocycles. The van der Waals surface area contributed by atoms with E-state index in [9.17, 15) is 9.59 Å². The minimum Gasteiger partial charge on any atom is -0.339 e. The number of likely N-dealkylation sites (N-methyl/N-ethyl adjacent to an activating group) is 1. The minimum atomic E-state index is -0.185. The first kappa shape index (κ1) is 26.4. The van der Waals surface area contributed by atoms with Gasteiger partial charge in [-0.25, -0.2) is 4.99 Å². The van der Waals surface area contributed by atoms with Crippen molar-refractivity contribution in [3.8, 4) is 0 Å². The van der Waals surface area contributed by atoms with E-state index in [2.05, 4.69) is 33.6 Å². The topological polar surface area (TPSA) is 85.8 Å². The lowest BCUT2D eigenvalue weighted by atomic mass is 10.1. The molecular weight excluding hydrogens is 450 g/mol. The van der Waals surface area contributed by atoms with E-state index in [1.165, 1.54) is 12.3 Å². The van der Waals surface area contributed by atoms with Crippen LogP contribution < -0.4 is 16.0 Å². The maximum absolute atomic E-state index is 12.5. The van der Waals surface area contributed by atoms with Crippen LogP contribution in [-0.4, -0.2) is 43.2 Å². The Balaban J connectivity index is 1.55. The highest BCUT2D eigenvalue weighted by atomic mass is 16.2. The van der Waals surface area contributed by atoms with Crippen molar-refractivity contribution in [2.75, 3.05) is 31.3 Å². The zero-order valence-electron chi connectivity index (χ0n) is 21.3. The second kappa shape index (κ2) is 12.5. The average molecular weight is 484 g/mol. The fourth-order valence-electron chi connectivity index (χ4n) is 3.56. The molecule has 0 saturated heterocycles. The number of aliphatic imine (C=N–C) groups is 1. The first-order valence-corrected chi connectivity index (χ1v) is 11.7. The number of hydrogen-bond donors (Lipinski definition) is 3. The fourth-order valence-corrected chi connectivity index (χ4v) is 3.56. The van der Waals surface area contributed by atoms with E-state index >= 15 is 0 Å². The Bertz CT molecular complexity index is 1230. The normalized spacial score (nSPS) is 14.1. The molecule has 2 aromatic carbocycles. The quantitative estimate of drug-likeness (QED) is 0.450. The number of hydrogen-bond acceptors (Lipinski definition) is 4. The van der Waals surface area contributed by atoms with Crippen molar-refractivity contribution in [3.05, 3.63) is 102 Å². The molecular formula is C29H33N5O2. The third-order valence-electron chi connectivity index (χ3n) is 5.36. The lowest BCUT2D eigenvalue weighted by molar-refractivity contribution is -0.115. The van der Waals surface area contributed by atoms with Crippen LogP contribution in [0.3, 0.4) is 0 Å². The Morgan fingerprint density at radius 3 is 2.25 bits per heavy atom. The van der Waals surface area contributed by atoms with Crippen LogP contribution in [-0.2, 0) is 16.0 Å². The number of carbonyl (C=O) groups excluding carboxylic acids is 2. The summed E-state index contributed by atoms with van der Waals surface area (Å²) in [5.74, 6) is 0.482. The highest BCUT2D eigenvalue weighted by Gasteiger charge is 2.18. The van der Waals surface area contributed by atoms with Gasteiger partial charge in [0.25, 0.3) is 0 Å². The van der Waals surface area contributed by atoms with Gasteiger partial charge in [-0.1, -0.05) is 42.5 Å². The number of anilines is 2. The van der Waals surface area contributed by atoms with Crippen LogP contribution >= 0.6 is 0 Å². The van der Waals surface area contributed by atoms with Crippen molar-refractivity contribution in [1.29, 1.82) is 0 Å². The van der Waals surface area contributed by atoms with Crippen LogP contribution in [0.2, 0.25) is 0 Å². The Labute approximate surface area is 213 Å². The highest BCUT2D eigenvalue weighted by Crippen LogP contribution is 2.24. The van der Waals surface area contributed by atoms with Gasteiger partial charge in [0.15, 0.2) is 0 Å². The van der Waals surface area contributed by atoms with Gasteiger partial charge in [0.2, 0.25) is 11.8 Å². The number of amides is 2. The van der Waals surface area contributed by atoms with E-state index in [-0.39, 0.29) is 18.2 Å². The van der Waals surface area contributed by atoms with Crippen LogP contribution in [0, 0.1) is 0 Å². The molecule has 7 heteroatoms. The molecule has 0 atom stereocenters. The van der Waals surface area contributed by atoms with Gasteiger partial charge in [0, 0.05) is 41.5 Å². The summed E-state index contributed by atoms with van der Waals surface area (Å²) in [6.07, 6.45) is 7.14. The first-order valence-electron chi connectivity index (χ1n) is 11.7. The Morgan fingerprint density at radius 2 is 1.64 bits per heavy atom. The van der Waals surface area contributed by atoms with Crippen molar-refractivity contribution in [3.63, 3.8) is 0 Å². The molecule has 2 amide bonds. The Kier molecular flexibility index (Phi) is 9.13. The van der Waals surface area contributed by atoms with Crippen molar-refractivity contribution in [2.24, 2.45) is 4.99 Å². The molecule has 7 nitrogen and oxygen atoms in total. The summed E-state index contributed by atoms with van der Waals surface area (Å²) >= 11 is 0. The Hall–Kier alpha value is -4.23. The fraction of sp³-hybridized carbons (Fsp3) is 0.207. The summed E-state index contributed by atoms with van der Waals surface area (Å²) in [5.41, 5.74) is 6.41. The van der Waals surface area contributed by atoms with Gasteiger partial charge < -0.3 is 20.9 Å². The molecule has 1 heterocycles. The van der Waals surface area contributed by atoms with E-state index in [4.69, 9.17) is 0 Å². The van der Waals surface area contributed by atoms with Gasteiger partial charge in [0.1, 0.15) is 5.84 Å². The monoisotopic (exact) mass is 483 g/mol. The number of rotatable bonds is 9. The maximum atomic E-state index is 12.5. The van der Waals surface area contributed by atoms with Crippen LogP contribution in [0.4, 0.5) is 11.4 Å². The molecule has 0 bridgehead atoms. The second-order valence-electron chi connectivity index (χ2n) is 8.91. The predicted octanol–water partition coefficient (Wildman–Crippen LogP) is 4.75. The number of benzene rings is 2. The van der Waals surface area contributed by atoms with E-state index in [0.29, 0.717) is 12.2 Å². The number of carbonyl (C=O) groups is 2. The van der Waals surface area contributed by atoms with Gasteiger partial charge in [-0.3, -0.25) is 9.59 Å². The molecule has 0 fully saturated rings. The average Bonchev–Trinajstić information content (AvgIpc) is 3.25. The molecule has 36 heavy (non-hydrogen) atoms. The number of allylic oxidation sites excluding steroid dienone is 1. The summed E-state index contributed by atoms with van der Waals surface area (Å²) < 4.78 is 0. The van der Waals surface area contributed by atoms with Crippen LogP contribution in [0.25, 0.3) is 5.70 Å². The molecule has 3 N–H and O–H groups in total. The van der Waals surface area contributed by atoms with Crippen LogP contribution in [0.15, 0.2) is 95.7 Å².